The second-order valence-electron chi connectivity index (χ2n) is 8.33. The molecule has 1 saturated heterocycles. The maximum Gasteiger partial charge on any atom is 0.323 e. The molecule has 0 aliphatic carbocycles. The number of para-hydroxylation sites is 1. The largest absolute Gasteiger partial charge is 0.351 e. The molecule has 3 aromatic rings. The van der Waals surface area contributed by atoms with Crippen molar-refractivity contribution in [1.82, 2.24) is 14.8 Å². The number of nitrogens with two attached hydrogens (primary N) is 2. The number of halogens is 3. The fraction of sp³-hybridized carbons (Fsp3) is 0.261. The van der Waals surface area contributed by atoms with Crippen LogP contribution in [0.1, 0.15) is 12.0 Å². The van der Waals surface area contributed by atoms with Gasteiger partial charge in [-0.15, -0.1) is 0 Å². The predicted molar refractivity (Wildman–Crippen MR) is 127 cm³/mol. The Balaban J connectivity index is 1.55. The Morgan fingerprint density at radius 3 is 2.63 bits per heavy atom. The van der Waals surface area contributed by atoms with Gasteiger partial charge in [0.2, 0.25) is 5.91 Å². The highest BCUT2D eigenvalue weighted by Crippen LogP contribution is 2.32. The van der Waals surface area contributed by atoms with E-state index in [1.165, 1.54) is 24.4 Å². The average molecular weight is 505 g/mol. The maximum atomic E-state index is 15.2. The molecule has 0 saturated carbocycles. The van der Waals surface area contributed by atoms with Crippen molar-refractivity contribution in [3.05, 3.63) is 65.1 Å². The van der Waals surface area contributed by atoms with Crippen LogP contribution in [0.3, 0.4) is 0 Å². The summed E-state index contributed by atoms with van der Waals surface area (Å²) >= 11 is 5.77. The van der Waals surface area contributed by atoms with Crippen LogP contribution >= 0.6 is 11.6 Å². The van der Waals surface area contributed by atoms with Crippen LogP contribution in [-0.2, 0) is 11.3 Å². The third-order valence-electron chi connectivity index (χ3n) is 5.99. The van der Waals surface area contributed by atoms with Crippen molar-refractivity contribution in [3.63, 3.8) is 0 Å². The van der Waals surface area contributed by atoms with Crippen molar-refractivity contribution >= 4 is 46.2 Å². The van der Waals surface area contributed by atoms with Gasteiger partial charge in [0.05, 0.1) is 22.8 Å². The Morgan fingerprint density at radius 2 is 1.91 bits per heavy atom. The zero-order valence-corrected chi connectivity index (χ0v) is 19.2. The quantitative estimate of drug-likeness (QED) is 0.424. The van der Waals surface area contributed by atoms with Crippen LogP contribution in [0, 0.1) is 5.82 Å². The van der Waals surface area contributed by atoms with Crippen LogP contribution in [0.15, 0.2) is 48.7 Å². The number of anilines is 1. The number of hydrogen-bond donors (Lipinski definition) is 4. The van der Waals surface area contributed by atoms with Crippen LogP contribution in [0.2, 0.25) is 5.02 Å². The van der Waals surface area contributed by atoms with E-state index in [0.717, 1.165) is 9.47 Å². The van der Waals surface area contributed by atoms with E-state index >= 15 is 4.39 Å². The van der Waals surface area contributed by atoms with Crippen molar-refractivity contribution < 1.29 is 23.2 Å². The fourth-order valence-corrected chi connectivity index (χ4v) is 4.36. The Bertz CT molecular complexity index is 1320. The molecule has 0 radical (unpaired) electrons. The third-order valence-corrected chi connectivity index (χ3v) is 6.29. The molecule has 4 rings (SSSR count). The minimum absolute atomic E-state index is 0.0975. The second kappa shape index (κ2) is 9.51. The van der Waals surface area contributed by atoms with Gasteiger partial charge in [0.15, 0.2) is 0 Å². The summed E-state index contributed by atoms with van der Waals surface area (Å²) in [5.74, 6) is -1.35. The van der Waals surface area contributed by atoms with Crippen molar-refractivity contribution in [3.8, 4) is 0 Å². The summed E-state index contributed by atoms with van der Waals surface area (Å²) < 4.78 is 30.5. The van der Waals surface area contributed by atoms with Gasteiger partial charge < -0.3 is 27.0 Å². The van der Waals surface area contributed by atoms with Gasteiger partial charge in [0, 0.05) is 36.7 Å². The first-order chi connectivity index (χ1) is 16.6. The molecule has 6 N–H and O–H groups in total. The molecule has 35 heavy (non-hydrogen) atoms. The number of aromatic nitrogens is 1. The Kier molecular flexibility index (Phi) is 6.64. The zero-order chi connectivity index (χ0) is 25.3. The van der Waals surface area contributed by atoms with Crippen LogP contribution in [0.4, 0.5) is 24.1 Å². The lowest BCUT2D eigenvalue weighted by Crippen LogP contribution is -2.47. The lowest BCUT2D eigenvalue weighted by atomic mass is 10.0. The number of nitrogens with zero attached hydrogens (tertiary/aromatic N) is 2. The van der Waals surface area contributed by atoms with Gasteiger partial charge in [-0.2, -0.15) is 0 Å². The number of primary amides is 1. The number of rotatable bonds is 5. The van der Waals surface area contributed by atoms with Crippen LogP contribution < -0.4 is 22.1 Å². The number of alkyl halides is 1. The molecule has 0 unspecified atom stereocenters. The number of carbonyl (C=O) groups is 3. The van der Waals surface area contributed by atoms with Gasteiger partial charge in [0.25, 0.3) is 0 Å². The van der Waals surface area contributed by atoms with Gasteiger partial charge in [0.1, 0.15) is 17.5 Å². The summed E-state index contributed by atoms with van der Waals surface area (Å²) in [7, 11) is 0. The summed E-state index contributed by atoms with van der Waals surface area (Å²) in [5, 5.41) is 5.60. The molecule has 4 amide bonds. The molecule has 1 aliphatic rings. The number of amides is 4. The number of benzene rings is 2. The van der Waals surface area contributed by atoms with Crippen molar-refractivity contribution in [2.75, 3.05) is 18.4 Å². The van der Waals surface area contributed by atoms with Gasteiger partial charge in [-0.05, 0) is 12.1 Å². The highest BCUT2D eigenvalue weighted by Gasteiger charge is 2.48. The van der Waals surface area contributed by atoms with Gasteiger partial charge in [-0.3, -0.25) is 9.36 Å². The molecule has 2 atom stereocenters. The highest BCUT2D eigenvalue weighted by atomic mass is 35.5. The van der Waals surface area contributed by atoms with Crippen molar-refractivity contribution in [2.45, 2.75) is 24.7 Å². The first-order valence-electron chi connectivity index (χ1n) is 10.7. The number of fused-ring (bicyclic) bond motifs is 1. The molecule has 1 aliphatic heterocycles. The van der Waals surface area contributed by atoms with Gasteiger partial charge >= 0.3 is 12.1 Å². The summed E-state index contributed by atoms with van der Waals surface area (Å²) in [5.41, 5.74) is 9.87. The van der Waals surface area contributed by atoms with Crippen LogP contribution in [-0.4, -0.2) is 52.2 Å². The van der Waals surface area contributed by atoms with Crippen molar-refractivity contribution in [1.29, 1.82) is 0 Å². The minimum Gasteiger partial charge on any atom is -0.351 e. The van der Waals surface area contributed by atoms with Crippen LogP contribution in [0.5, 0.6) is 0 Å². The SMILES string of the molecule is NC[C@]1(F)C[C@@H](C(=O)NCc2cccc(Cl)c2F)N(C(=O)Nc2cn(C(N)=O)c3ccccc23)C1. The number of nitrogens with one attached hydrogen (secondary N) is 2. The van der Waals surface area contributed by atoms with Crippen LogP contribution in [0.25, 0.3) is 10.9 Å². The Labute approximate surface area is 204 Å². The summed E-state index contributed by atoms with van der Waals surface area (Å²) in [6, 6.07) is 8.39. The maximum absolute atomic E-state index is 15.2. The molecule has 9 nitrogen and oxygen atoms in total. The Morgan fingerprint density at radius 1 is 1.17 bits per heavy atom. The van der Waals surface area contributed by atoms with Gasteiger partial charge in [-0.25, -0.2) is 18.4 Å². The molecule has 0 spiro atoms. The topological polar surface area (TPSA) is 135 Å². The van der Waals surface area contributed by atoms with E-state index in [2.05, 4.69) is 10.6 Å². The zero-order valence-electron chi connectivity index (χ0n) is 18.4. The highest BCUT2D eigenvalue weighted by molar-refractivity contribution is 6.30. The first-order valence-corrected chi connectivity index (χ1v) is 11.1. The van der Waals surface area contributed by atoms with Gasteiger partial charge in [-0.1, -0.05) is 41.9 Å². The number of urea groups is 1. The first kappa shape index (κ1) is 24.4. The molecule has 2 aromatic carbocycles. The average Bonchev–Trinajstić information content (AvgIpc) is 3.39. The van der Waals surface area contributed by atoms with E-state index in [9.17, 15) is 18.8 Å². The molecule has 12 heteroatoms. The molecule has 2 heterocycles. The molecule has 1 aromatic heterocycles. The molecular weight excluding hydrogens is 482 g/mol. The standard InChI is InChI=1S/C23H23ClF2N6O3/c24-15-6-3-4-13(19(15)25)9-29-20(33)18-8-23(26,11-27)12-32(18)22(35)30-16-10-31(21(28)34)17-7-2-1-5-14(16)17/h1-7,10,18H,8-9,11-12,27H2,(H2,28,34)(H,29,33)(H,30,35)/t18-,23+/m0/s1. The summed E-state index contributed by atoms with van der Waals surface area (Å²) in [4.78, 5) is 38.9. The van der Waals surface area contributed by atoms with E-state index in [4.69, 9.17) is 23.1 Å². The van der Waals surface area contributed by atoms with E-state index in [1.807, 2.05) is 0 Å². The van der Waals surface area contributed by atoms with E-state index < -0.39 is 48.6 Å². The minimum atomic E-state index is -1.98. The van der Waals surface area contributed by atoms with Crippen molar-refractivity contribution in [2.24, 2.45) is 11.5 Å². The second-order valence-corrected chi connectivity index (χ2v) is 8.74. The fourth-order valence-electron chi connectivity index (χ4n) is 4.17. The van der Waals surface area contributed by atoms with E-state index in [1.54, 1.807) is 24.3 Å². The molecule has 0 bridgehead atoms. The number of hydrogen-bond acceptors (Lipinski definition) is 4. The lowest BCUT2D eigenvalue weighted by molar-refractivity contribution is -0.124. The molecule has 1 fully saturated rings. The number of carbonyl (C=O) groups excluding carboxylic acids is 3. The summed E-state index contributed by atoms with van der Waals surface area (Å²) in [6.45, 7) is -1.02. The number of likely N-dealkylation sites (tertiary alicyclic amines) is 1. The summed E-state index contributed by atoms with van der Waals surface area (Å²) in [6.07, 6.45) is 1.02. The monoisotopic (exact) mass is 504 g/mol. The normalized spacial score (nSPS) is 19.7. The Hall–Kier alpha value is -3.70. The lowest BCUT2D eigenvalue weighted by Gasteiger charge is -2.24. The van der Waals surface area contributed by atoms with E-state index in [-0.39, 0.29) is 29.2 Å². The predicted octanol–water partition coefficient (Wildman–Crippen LogP) is 2.95. The van der Waals surface area contributed by atoms with E-state index in [0.29, 0.717) is 10.9 Å². The third kappa shape index (κ3) is 4.77. The molecule has 184 valence electrons. The smallest absolute Gasteiger partial charge is 0.323 e. The molecular formula is C23H23ClF2N6O3.